The van der Waals surface area contributed by atoms with Gasteiger partial charge in [0.15, 0.2) is 5.84 Å². The molecule has 0 unspecified atom stereocenters. The molecule has 2 rings (SSSR count). The van der Waals surface area contributed by atoms with Crippen molar-refractivity contribution in [3.05, 3.63) is 46.8 Å². The molecule has 0 bridgehead atoms. The Labute approximate surface area is 121 Å². The average Bonchev–Trinajstić information content (AvgIpc) is 2.35. The minimum absolute atomic E-state index is 0.0748. The molecule has 0 aromatic carbocycles. The highest BCUT2D eigenvalue weighted by Gasteiger charge is 2.07. The van der Waals surface area contributed by atoms with Crippen LogP contribution in [-0.2, 0) is 0 Å². The zero-order chi connectivity index (χ0) is 14.7. The third-order valence-electron chi connectivity index (χ3n) is 2.62. The van der Waals surface area contributed by atoms with Crippen molar-refractivity contribution in [1.29, 1.82) is 0 Å². The molecule has 20 heavy (non-hydrogen) atoms. The van der Waals surface area contributed by atoms with E-state index in [1.807, 2.05) is 32.9 Å². The van der Waals surface area contributed by atoms with Crippen molar-refractivity contribution in [2.45, 2.75) is 30.8 Å². The summed E-state index contributed by atoms with van der Waals surface area (Å²) in [6, 6.07) is 7.58. The van der Waals surface area contributed by atoms with Crippen molar-refractivity contribution in [3.8, 4) is 0 Å². The molecule has 2 aromatic heterocycles. The summed E-state index contributed by atoms with van der Waals surface area (Å²) >= 11 is 1.46. The summed E-state index contributed by atoms with van der Waals surface area (Å²) in [6.07, 6.45) is 0. The number of rotatable bonds is 3. The number of oxime groups is 1. The topological polar surface area (TPSA) is 84.4 Å². The smallest absolute Gasteiger partial charge is 0.170 e. The van der Waals surface area contributed by atoms with E-state index in [1.165, 1.54) is 11.8 Å². The van der Waals surface area contributed by atoms with Crippen LogP contribution in [-0.4, -0.2) is 21.0 Å². The highest BCUT2D eigenvalue weighted by atomic mass is 32.2. The van der Waals surface area contributed by atoms with Crippen LogP contribution in [0.25, 0.3) is 0 Å². The summed E-state index contributed by atoms with van der Waals surface area (Å²) in [7, 11) is 0. The first-order valence-corrected chi connectivity index (χ1v) is 6.89. The minimum atomic E-state index is 0.0748. The quantitative estimate of drug-likeness (QED) is 0.392. The van der Waals surface area contributed by atoms with E-state index in [9.17, 15) is 0 Å². The molecule has 104 valence electrons. The lowest BCUT2D eigenvalue weighted by Gasteiger charge is -2.06. The lowest BCUT2D eigenvalue weighted by atomic mass is 10.2. The molecule has 6 heteroatoms. The maximum Gasteiger partial charge on any atom is 0.170 e. The van der Waals surface area contributed by atoms with Crippen LogP contribution in [0.4, 0.5) is 0 Å². The van der Waals surface area contributed by atoms with Crippen molar-refractivity contribution < 1.29 is 5.21 Å². The summed E-state index contributed by atoms with van der Waals surface area (Å²) in [5, 5.41) is 13.4. The first-order valence-electron chi connectivity index (χ1n) is 6.07. The van der Waals surface area contributed by atoms with Gasteiger partial charge in [-0.3, -0.25) is 0 Å². The predicted molar refractivity (Wildman–Crippen MR) is 79.3 cm³/mol. The number of pyridine rings is 2. The van der Waals surface area contributed by atoms with Gasteiger partial charge in [0.05, 0.1) is 0 Å². The van der Waals surface area contributed by atoms with Gasteiger partial charge in [-0.2, -0.15) is 0 Å². The second-order valence-electron chi connectivity index (χ2n) is 4.55. The molecule has 2 aromatic rings. The summed E-state index contributed by atoms with van der Waals surface area (Å²) in [5.74, 6) is 0.0748. The van der Waals surface area contributed by atoms with Crippen LogP contribution in [0, 0.1) is 20.8 Å². The molecule has 2 heterocycles. The standard InChI is InChI=1S/C14H16N4OS/c1-8-4-9(2)16-12(5-8)20-13-7-11(14(15)18-19)6-10(3)17-13/h4-7,19H,1-3H3,(H2,15,18). The lowest BCUT2D eigenvalue weighted by Crippen LogP contribution is -2.13. The molecule has 0 aliphatic rings. The van der Waals surface area contributed by atoms with Gasteiger partial charge in [0, 0.05) is 17.0 Å². The van der Waals surface area contributed by atoms with E-state index in [1.54, 1.807) is 12.1 Å². The van der Waals surface area contributed by atoms with Gasteiger partial charge in [-0.15, -0.1) is 0 Å². The maximum absolute atomic E-state index is 8.76. The van der Waals surface area contributed by atoms with Gasteiger partial charge in [-0.05, 0) is 50.6 Å². The Morgan fingerprint density at radius 2 is 1.65 bits per heavy atom. The monoisotopic (exact) mass is 288 g/mol. The first kappa shape index (κ1) is 14.3. The van der Waals surface area contributed by atoms with Gasteiger partial charge in [-0.25, -0.2) is 9.97 Å². The Kier molecular flexibility index (Phi) is 4.24. The molecule has 0 amide bonds. The Morgan fingerprint density at radius 1 is 1.05 bits per heavy atom. The van der Waals surface area contributed by atoms with E-state index in [4.69, 9.17) is 10.9 Å². The molecular weight excluding hydrogens is 272 g/mol. The van der Waals surface area contributed by atoms with Gasteiger partial charge in [0.25, 0.3) is 0 Å². The van der Waals surface area contributed by atoms with Crippen molar-refractivity contribution in [2.24, 2.45) is 10.9 Å². The molecule has 0 saturated heterocycles. The SMILES string of the molecule is Cc1cc(C)nc(Sc2cc(/C(N)=N/O)cc(C)n2)c1. The summed E-state index contributed by atoms with van der Waals surface area (Å²) in [4.78, 5) is 8.90. The first-order chi connectivity index (χ1) is 9.47. The number of nitrogens with two attached hydrogens (primary N) is 1. The fraction of sp³-hybridized carbons (Fsp3) is 0.214. The second-order valence-corrected chi connectivity index (χ2v) is 5.59. The van der Waals surface area contributed by atoms with Crippen molar-refractivity contribution in [2.75, 3.05) is 0 Å². The number of aryl methyl sites for hydroxylation is 3. The maximum atomic E-state index is 8.76. The molecule has 0 aliphatic heterocycles. The fourth-order valence-electron chi connectivity index (χ4n) is 1.86. The normalized spacial score (nSPS) is 11.7. The highest BCUT2D eigenvalue weighted by Crippen LogP contribution is 2.26. The lowest BCUT2D eigenvalue weighted by molar-refractivity contribution is 0.318. The molecule has 3 N–H and O–H groups in total. The van der Waals surface area contributed by atoms with Crippen LogP contribution >= 0.6 is 11.8 Å². The zero-order valence-corrected chi connectivity index (χ0v) is 12.4. The molecule has 0 spiro atoms. The van der Waals surface area contributed by atoms with E-state index in [-0.39, 0.29) is 5.84 Å². The van der Waals surface area contributed by atoms with Crippen LogP contribution in [0.2, 0.25) is 0 Å². The number of hydrogen-bond acceptors (Lipinski definition) is 5. The van der Waals surface area contributed by atoms with Gasteiger partial charge in [0.2, 0.25) is 0 Å². The number of nitrogens with zero attached hydrogens (tertiary/aromatic N) is 3. The Morgan fingerprint density at radius 3 is 2.25 bits per heavy atom. The Bertz CT molecular complexity index is 650. The van der Waals surface area contributed by atoms with Gasteiger partial charge in [-0.1, -0.05) is 16.9 Å². The van der Waals surface area contributed by atoms with E-state index in [0.29, 0.717) is 5.56 Å². The molecule has 5 nitrogen and oxygen atoms in total. The fourth-order valence-corrected chi connectivity index (χ4v) is 2.88. The van der Waals surface area contributed by atoms with Crippen molar-refractivity contribution in [1.82, 2.24) is 9.97 Å². The van der Waals surface area contributed by atoms with Crippen molar-refractivity contribution >= 4 is 17.6 Å². The van der Waals surface area contributed by atoms with E-state index < -0.39 is 0 Å². The van der Waals surface area contributed by atoms with Crippen molar-refractivity contribution in [3.63, 3.8) is 0 Å². The number of aromatic nitrogens is 2. The largest absolute Gasteiger partial charge is 0.409 e. The number of amidine groups is 1. The summed E-state index contributed by atoms with van der Waals surface area (Å²) in [6.45, 7) is 5.86. The van der Waals surface area contributed by atoms with Crippen LogP contribution in [0.15, 0.2) is 39.5 Å². The molecule has 0 aliphatic carbocycles. The van der Waals surface area contributed by atoms with E-state index >= 15 is 0 Å². The predicted octanol–water partition coefficient (Wildman–Crippen LogP) is 2.65. The summed E-state index contributed by atoms with van der Waals surface area (Å²) in [5.41, 5.74) is 9.20. The molecule has 0 saturated carbocycles. The molecule has 0 atom stereocenters. The molecule has 0 fully saturated rings. The van der Waals surface area contributed by atoms with Gasteiger partial charge >= 0.3 is 0 Å². The molecular formula is C14H16N4OS. The Hall–Kier alpha value is -2.08. The Balaban J connectivity index is 2.36. The van der Waals surface area contributed by atoms with Crippen LogP contribution in [0.5, 0.6) is 0 Å². The van der Waals surface area contributed by atoms with E-state index in [2.05, 4.69) is 15.1 Å². The molecule has 0 radical (unpaired) electrons. The average molecular weight is 288 g/mol. The van der Waals surface area contributed by atoms with Crippen LogP contribution in [0.1, 0.15) is 22.5 Å². The minimum Gasteiger partial charge on any atom is -0.409 e. The van der Waals surface area contributed by atoms with Crippen LogP contribution in [0.3, 0.4) is 0 Å². The van der Waals surface area contributed by atoms with Gasteiger partial charge < -0.3 is 10.9 Å². The van der Waals surface area contributed by atoms with Crippen LogP contribution < -0.4 is 5.73 Å². The highest BCUT2D eigenvalue weighted by molar-refractivity contribution is 7.99. The number of hydrogen-bond donors (Lipinski definition) is 2. The third kappa shape index (κ3) is 3.48. The van der Waals surface area contributed by atoms with E-state index in [0.717, 1.165) is 27.0 Å². The third-order valence-corrected chi connectivity index (χ3v) is 3.45. The summed E-state index contributed by atoms with van der Waals surface area (Å²) < 4.78 is 0. The zero-order valence-electron chi connectivity index (χ0n) is 11.6. The van der Waals surface area contributed by atoms with Gasteiger partial charge in [0.1, 0.15) is 10.1 Å². The second kappa shape index (κ2) is 5.92.